The molecule has 150 valence electrons. The third kappa shape index (κ3) is 5.79. The minimum atomic E-state index is -0.438. The molecule has 0 aliphatic heterocycles. The van der Waals surface area contributed by atoms with Gasteiger partial charge in [0.25, 0.3) is 5.91 Å². The molecular weight excluding hydrogens is 379 g/mol. The zero-order valence-electron chi connectivity index (χ0n) is 16.5. The van der Waals surface area contributed by atoms with Crippen LogP contribution in [0.3, 0.4) is 0 Å². The molecular formula is C25H21FN2O2. The van der Waals surface area contributed by atoms with E-state index < -0.39 is 5.91 Å². The lowest BCUT2D eigenvalue weighted by molar-refractivity contribution is -0.117. The monoisotopic (exact) mass is 400 g/mol. The van der Waals surface area contributed by atoms with Crippen LogP contribution in [0.1, 0.15) is 29.7 Å². The highest BCUT2D eigenvalue weighted by molar-refractivity contribution is 6.01. The van der Waals surface area contributed by atoms with E-state index in [4.69, 9.17) is 4.74 Å². The molecule has 0 saturated carbocycles. The number of carbonyl (C=O) groups excluding carboxylic acids is 1. The fraction of sp³-hybridized carbons (Fsp3) is 0.120. The van der Waals surface area contributed by atoms with Gasteiger partial charge in [-0.3, -0.25) is 4.79 Å². The van der Waals surface area contributed by atoms with Gasteiger partial charge < -0.3 is 10.1 Å². The fourth-order valence-corrected chi connectivity index (χ4v) is 2.86. The van der Waals surface area contributed by atoms with Gasteiger partial charge in [-0.05, 0) is 54.0 Å². The Kier molecular flexibility index (Phi) is 6.96. The molecule has 30 heavy (non-hydrogen) atoms. The lowest BCUT2D eigenvalue weighted by Gasteiger charge is -2.13. The van der Waals surface area contributed by atoms with Gasteiger partial charge in [0.1, 0.15) is 29.8 Å². The highest BCUT2D eigenvalue weighted by Gasteiger charge is 2.13. The quantitative estimate of drug-likeness (QED) is 0.439. The molecule has 0 radical (unpaired) electrons. The maximum Gasteiger partial charge on any atom is 0.262 e. The number of carbonyl (C=O) groups is 1. The van der Waals surface area contributed by atoms with Crippen molar-refractivity contribution in [2.45, 2.75) is 19.6 Å². The largest absolute Gasteiger partial charge is 0.489 e. The normalized spacial score (nSPS) is 12.0. The first-order valence-corrected chi connectivity index (χ1v) is 9.50. The highest BCUT2D eigenvalue weighted by atomic mass is 19.1. The van der Waals surface area contributed by atoms with Crippen molar-refractivity contribution in [3.8, 4) is 11.8 Å². The molecule has 5 heteroatoms. The number of amides is 1. The van der Waals surface area contributed by atoms with E-state index in [1.165, 1.54) is 18.2 Å². The Labute approximate surface area is 175 Å². The predicted octanol–water partition coefficient (Wildman–Crippen LogP) is 5.19. The average Bonchev–Trinajstić information content (AvgIpc) is 2.78. The van der Waals surface area contributed by atoms with E-state index >= 15 is 0 Å². The highest BCUT2D eigenvalue weighted by Crippen LogP contribution is 2.18. The number of ether oxygens (including phenoxy) is 1. The van der Waals surface area contributed by atoms with E-state index in [0.29, 0.717) is 11.3 Å². The van der Waals surface area contributed by atoms with Gasteiger partial charge in [0.2, 0.25) is 0 Å². The fourth-order valence-electron chi connectivity index (χ4n) is 2.86. The molecule has 3 aromatic rings. The van der Waals surface area contributed by atoms with Crippen molar-refractivity contribution in [2.24, 2.45) is 0 Å². The molecule has 0 spiro atoms. The van der Waals surface area contributed by atoms with Gasteiger partial charge in [-0.25, -0.2) is 4.39 Å². The lowest BCUT2D eigenvalue weighted by Crippen LogP contribution is -2.27. The Morgan fingerprint density at radius 2 is 1.83 bits per heavy atom. The molecule has 0 aliphatic carbocycles. The summed E-state index contributed by atoms with van der Waals surface area (Å²) < 4.78 is 18.7. The number of nitrogens with zero attached hydrogens (tertiary/aromatic N) is 1. The van der Waals surface area contributed by atoms with E-state index in [-0.39, 0.29) is 24.0 Å². The van der Waals surface area contributed by atoms with Crippen LogP contribution in [0.4, 0.5) is 4.39 Å². The molecule has 4 nitrogen and oxygen atoms in total. The topological polar surface area (TPSA) is 62.1 Å². The Morgan fingerprint density at radius 3 is 2.53 bits per heavy atom. The molecule has 0 aromatic heterocycles. The lowest BCUT2D eigenvalue weighted by atomic mass is 10.1. The molecule has 1 amide bonds. The van der Waals surface area contributed by atoms with E-state index in [2.05, 4.69) is 5.32 Å². The van der Waals surface area contributed by atoms with Gasteiger partial charge in [0.15, 0.2) is 0 Å². The summed E-state index contributed by atoms with van der Waals surface area (Å²) in [6, 6.07) is 24.5. The zero-order valence-corrected chi connectivity index (χ0v) is 16.5. The Morgan fingerprint density at radius 1 is 1.10 bits per heavy atom. The maximum atomic E-state index is 13.0. The summed E-state index contributed by atoms with van der Waals surface area (Å²) in [6.07, 6.45) is 1.53. The molecule has 0 heterocycles. The summed E-state index contributed by atoms with van der Waals surface area (Å²) in [7, 11) is 0. The number of benzene rings is 3. The minimum absolute atomic E-state index is 0.00784. The second kappa shape index (κ2) is 10.0. The van der Waals surface area contributed by atoms with Crippen molar-refractivity contribution >= 4 is 12.0 Å². The first-order chi connectivity index (χ1) is 14.5. The van der Waals surface area contributed by atoms with Gasteiger partial charge in [0, 0.05) is 0 Å². The van der Waals surface area contributed by atoms with E-state index in [9.17, 15) is 14.4 Å². The standard InChI is InChI=1S/C25H21FN2O2/c1-18(21-7-3-2-4-8-21)28-25(29)22(16-27)14-20-6-5-9-24(15-20)30-17-19-10-12-23(26)13-11-19/h2-15,18H,17H2,1H3,(H,28,29)/b22-14-/t18-/m1/s1. The third-order valence-electron chi connectivity index (χ3n) is 4.50. The van der Waals surface area contributed by atoms with Crippen LogP contribution in [0, 0.1) is 17.1 Å². The van der Waals surface area contributed by atoms with Gasteiger partial charge in [0.05, 0.1) is 6.04 Å². The maximum absolute atomic E-state index is 13.0. The second-order valence-corrected chi connectivity index (χ2v) is 6.76. The number of halogens is 1. The summed E-state index contributed by atoms with van der Waals surface area (Å²) in [5, 5.41) is 12.3. The van der Waals surface area contributed by atoms with Crippen molar-refractivity contribution < 1.29 is 13.9 Å². The average molecular weight is 400 g/mol. The molecule has 3 rings (SSSR count). The smallest absolute Gasteiger partial charge is 0.262 e. The molecule has 0 bridgehead atoms. The summed E-state index contributed by atoms with van der Waals surface area (Å²) in [5.74, 6) is -0.148. The molecule has 0 saturated heterocycles. The van der Waals surface area contributed by atoms with Crippen LogP contribution in [-0.2, 0) is 11.4 Å². The van der Waals surface area contributed by atoms with Crippen molar-refractivity contribution in [3.63, 3.8) is 0 Å². The van der Waals surface area contributed by atoms with Gasteiger partial charge in [-0.2, -0.15) is 5.26 Å². The van der Waals surface area contributed by atoms with Gasteiger partial charge >= 0.3 is 0 Å². The summed E-state index contributed by atoms with van der Waals surface area (Å²) >= 11 is 0. The Bertz CT molecular complexity index is 1070. The molecule has 1 N–H and O–H groups in total. The molecule has 0 unspecified atom stereocenters. The SMILES string of the molecule is C[C@@H](NC(=O)/C(C#N)=C\c1cccc(OCc2ccc(F)cc2)c1)c1ccccc1. The van der Waals surface area contributed by atoms with Crippen LogP contribution >= 0.6 is 0 Å². The first kappa shape index (κ1) is 20.8. The number of nitrogens with one attached hydrogen (secondary N) is 1. The van der Waals surface area contributed by atoms with Crippen LogP contribution in [0.5, 0.6) is 5.75 Å². The minimum Gasteiger partial charge on any atom is -0.489 e. The van der Waals surface area contributed by atoms with Gasteiger partial charge in [-0.15, -0.1) is 0 Å². The van der Waals surface area contributed by atoms with Crippen LogP contribution in [0.15, 0.2) is 84.4 Å². The van der Waals surface area contributed by atoms with Crippen molar-refractivity contribution in [3.05, 3.63) is 107 Å². The van der Waals surface area contributed by atoms with Gasteiger partial charge in [-0.1, -0.05) is 54.6 Å². The summed E-state index contributed by atoms with van der Waals surface area (Å²) in [4.78, 5) is 12.5. The number of hydrogen-bond donors (Lipinski definition) is 1. The Balaban J connectivity index is 1.67. The van der Waals surface area contributed by atoms with E-state index in [0.717, 1.165) is 11.1 Å². The van der Waals surface area contributed by atoms with Crippen molar-refractivity contribution in [2.75, 3.05) is 0 Å². The number of rotatable bonds is 7. The molecule has 3 aromatic carbocycles. The van der Waals surface area contributed by atoms with E-state index in [1.807, 2.05) is 43.3 Å². The number of hydrogen-bond acceptors (Lipinski definition) is 3. The number of nitriles is 1. The summed E-state index contributed by atoms with van der Waals surface area (Å²) in [6.45, 7) is 2.15. The zero-order chi connectivity index (χ0) is 21.3. The second-order valence-electron chi connectivity index (χ2n) is 6.76. The first-order valence-electron chi connectivity index (χ1n) is 9.50. The molecule has 0 fully saturated rings. The van der Waals surface area contributed by atoms with Crippen molar-refractivity contribution in [1.29, 1.82) is 5.26 Å². The van der Waals surface area contributed by atoms with Crippen molar-refractivity contribution in [1.82, 2.24) is 5.32 Å². The van der Waals surface area contributed by atoms with Crippen LogP contribution < -0.4 is 10.1 Å². The van der Waals surface area contributed by atoms with Crippen LogP contribution in [0.2, 0.25) is 0 Å². The van der Waals surface area contributed by atoms with Crippen LogP contribution in [0.25, 0.3) is 6.08 Å². The van der Waals surface area contributed by atoms with E-state index in [1.54, 1.807) is 36.4 Å². The molecule has 1 atom stereocenters. The summed E-state index contributed by atoms with van der Waals surface area (Å²) in [5.41, 5.74) is 2.47. The van der Waals surface area contributed by atoms with Crippen LogP contribution in [-0.4, -0.2) is 5.91 Å². The third-order valence-corrected chi connectivity index (χ3v) is 4.50. The Hall–Kier alpha value is -3.91. The predicted molar refractivity (Wildman–Crippen MR) is 114 cm³/mol. The molecule has 0 aliphatic rings.